The number of carboxylic acids is 1. The molecule has 2 unspecified atom stereocenters. The minimum absolute atomic E-state index is 0.0448. The van der Waals surface area contributed by atoms with Gasteiger partial charge in [-0.1, -0.05) is 25.7 Å². The number of carbonyl (C=O) groups excluding carboxylic acids is 1. The molecular formula is C16H27NO4. The van der Waals surface area contributed by atoms with Gasteiger partial charge in [-0.2, -0.15) is 0 Å². The highest BCUT2D eigenvalue weighted by molar-refractivity contribution is 5.85. The maximum absolute atomic E-state index is 12.3. The number of aliphatic carboxylic acids is 1. The molecule has 0 radical (unpaired) electrons. The minimum Gasteiger partial charge on any atom is -0.481 e. The second-order valence-corrected chi connectivity index (χ2v) is 6.58. The van der Waals surface area contributed by atoms with Crippen molar-refractivity contribution in [2.75, 3.05) is 6.61 Å². The number of hydrogen-bond donors (Lipinski definition) is 2. The van der Waals surface area contributed by atoms with Gasteiger partial charge in [-0.05, 0) is 32.6 Å². The van der Waals surface area contributed by atoms with E-state index in [9.17, 15) is 14.7 Å². The van der Waals surface area contributed by atoms with Gasteiger partial charge in [-0.25, -0.2) is 0 Å². The Morgan fingerprint density at radius 1 is 1.24 bits per heavy atom. The number of rotatable bonds is 5. The fourth-order valence-corrected chi connectivity index (χ4v) is 3.57. The van der Waals surface area contributed by atoms with E-state index in [-0.39, 0.29) is 24.5 Å². The summed E-state index contributed by atoms with van der Waals surface area (Å²) in [5.41, 5.74) is -0.864. The first kappa shape index (κ1) is 16.3. The van der Waals surface area contributed by atoms with E-state index in [0.29, 0.717) is 12.8 Å². The number of carboxylic acid groups (broad SMARTS) is 1. The quantitative estimate of drug-likeness (QED) is 0.764. The van der Waals surface area contributed by atoms with Crippen LogP contribution in [0.5, 0.6) is 0 Å². The van der Waals surface area contributed by atoms with Crippen LogP contribution in [0.4, 0.5) is 0 Å². The predicted octanol–water partition coefficient (Wildman–Crippen LogP) is 2.49. The molecule has 1 heterocycles. The molecular weight excluding hydrogens is 270 g/mol. The van der Waals surface area contributed by atoms with Crippen LogP contribution >= 0.6 is 0 Å². The molecule has 1 aliphatic carbocycles. The van der Waals surface area contributed by atoms with E-state index in [1.54, 1.807) is 0 Å². The van der Waals surface area contributed by atoms with Crippen molar-refractivity contribution in [3.8, 4) is 0 Å². The van der Waals surface area contributed by atoms with Crippen LogP contribution in [0, 0.1) is 5.41 Å². The first-order chi connectivity index (χ1) is 10.0. The van der Waals surface area contributed by atoms with Crippen LogP contribution in [-0.4, -0.2) is 35.7 Å². The Hall–Kier alpha value is -1.10. The molecule has 0 aromatic rings. The van der Waals surface area contributed by atoms with E-state index in [4.69, 9.17) is 4.74 Å². The summed E-state index contributed by atoms with van der Waals surface area (Å²) in [5.74, 6) is -0.966. The van der Waals surface area contributed by atoms with Gasteiger partial charge in [-0.15, -0.1) is 0 Å². The fraction of sp³-hybridized carbons (Fsp3) is 0.875. The van der Waals surface area contributed by atoms with Gasteiger partial charge < -0.3 is 15.2 Å². The molecule has 5 nitrogen and oxygen atoms in total. The van der Waals surface area contributed by atoms with Crippen LogP contribution in [0.1, 0.15) is 64.7 Å². The van der Waals surface area contributed by atoms with Gasteiger partial charge in [0, 0.05) is 13.0 Å². The lowest BCUT2D eigenvalue weighted by atomic mass is 9.77. The zero-order valence-electron chi connectivity index (χ0n) is 12.9. The molecule has 1 saturated heterocycles. The van der Waals surface area contributed by atoms with Gasteiger partial charge in [0.25, 0.3) is 0 Å². The Morgan fingerprint density at radius 2 is 1.90 bits per heavy atom. The lowest BCUT2D eigenvalue weighted by Crippen LogP contribution is -2.44. The number of carbonyl (C=O) groups is 2. The average Bonchev–Trinajstić information content (AvgIpc) is 2.86. The topological polar surface area (TPSA) is 75.6 Å². The van der Waals surface area contributed by atoms with Crippen LogP contribution in [0.15, 0.2) is 0 Å². The first-order valence-electron chi connectivity index (χ1n) is 8.18. The second kappa shape index (κ2) is 7.25. The summed E-state index contributed by atoms with van der Waals surface area (Å²) in [6.07, 6.45) is 7.35. The van der Waals surface area contributed by atoms with Crippen LogP contribution < -0.4 is 5.32 Å². The van der Waals surface area contributed by atoms with E-state index in [0.717, 1.165) is 45.1 Å². The Bertz CT molecular complexity index is 368. The van der Waals surface area contributed by atoms with E-state index in [1.165, 1.54) is 0 Å². The Balaban J connectivity index is 1.92. The largest absolute Gasteiger partial charge is 0.481 e. The number of ether oxygens (including phenoxy) is 1. The maximum Gasteiger partial charge on any atom is 0.310 e. The van der Waals surface area contributed by atoms with E-state index < -0.39 is 11.4 Å². The van der Waals surface area contributed by atoms with Crippen LogP contribution in [0.25, 0.3) is 0 Å². The number of amides is 1. The van der Waals surface area contributed by atoms with Gasteiger partial charge in [0.15, 0.2) is 0 Å². The zero-order chi connectivity index (χ0) is 15.3. The Kier molecular flexibility index (Phi) is 5.62. The lowest BCUT2D eigenvalue weighted by Gasteiger charge is -2.28. The van der Waals surface area contributed by atoms with Crippen LogP contribution in [-0.2, 0) is 14.3 Å². The third-order valence-corrected chi connectivity index (χ3v) is 4.92. The third-order valence-electron chi connectivity index (χ3n) is 4.92. The van der Waals surface area contributed by atoms with Crippen molar-refractivity contribution in [2.24, 2.45) is 5.41 Å². The molecule has 0 aromatic carbocycles. The molecule has 21 heavy (non-hydrogen) atoms. The number of nitrogens with one attached hydrogen (secondary N) is 1. The van der Waals surface area contributed by atoms with E-state index in [1.807, 2.05) is 6.92 Å². The van der Waals surface area contributed by atoms with Gasteiger partial charge in [0.2, 0.25) is 5.91 Å². The molecule has 2 atom stereocenters. The fourth-order valence-electron chi connectivity index (χ4n) is 3.57. The van der Waals surface area contributed by atoms with Gasteiger partial charge in [0.1, 0.15) is 0 Å². The Labute approximate surface area is 126 Å². The molecule has 120 valence electrons. The molecule has 2 aliphatic rings. The molecule has 1 aliphatic heterocycles. The summed E-state index contributed by atoms with van der Waals surface area (Å²) in [6.45, 7) is 2.69. The normalized spacial score (nSPS) is 26.8. The van der Waals surface area contributed by atoms with Crippen molar-refractivity contribution in [3.63, 3.8) is 0 Å². The SMILES string of the molecule is CC(NC(=O)CC1(C(=O)O)CCCCCC1)C1CCCO1. The maximum atomic E-state index is 12.3. The summed E-state index contributed by atoms with van der Waals surface area (Å²) < 4.78 is 5.57. The highest BCUT2D eigenvalue weighted by Gasteiger charge is 2.41. The molecule has 1 amide bonds. The lowest BCUT2D eigenvalue weighted by molar-refractivity contribution is -0.153. The third kappa shape index (κ3) is 4.19. The molecule has 0 aromatic heterocycles. The van der Waals surface area contributed by atoms with Crippen LogP contribution in [0.3, 0.4) is 0 Å². The second-order valence-electron chi connectivity index (χ2n) is 6.58. The van der Waals surface area contributed by atoms with Crippen molar-refractivity contribution in [1.29, 1.82) is 0 Å². The van der Waals surface area contributed by atoms with E-state index in [2.05, 4.69) is 5.32 Å². The molecule has 0 spiro atoms. The smallest absolute Gasteiger partial charge is 0.310 e. The monoisotopic (exact) mass is 297 g/mol. The van der Waals surface area contributed by atoms with Gasteiger partial charge in [0.05, 0.1) is 17.6 Å². The van der Waals surface area contributed by atoms with Crippen molar-refractivity contribution in [1.82, 2.24) is 5.32 Å². The summed E-state index contributed by atoms with van der Waals surface area (Å²) in [7, 11) is 0. The summed E-state index contributed by atoms with van der Waals surface area (Å²) in [5, 5.41) is 12.5. The summed E-state index contributed by atoms with van der Waals surface area (Å²) in [4.78, 5) is 24.0. The zero-order valence-corrected chi connectivity index (χ0v) is 12.9. The average molecular weight is 297 g/mol. The highest BCUT2D eigenvalue weighted by atomic mass is 16.5. The molecule has 1 saturated carbocycles. The molecule has 0 bridgehead atoms. The van der Waals surface area contributed by atoms with Gasteiger partial charge in [-0.3, -0.25) is 9.59 Å². The summed E-state index contributed by atoms with van der Waals surface area (Å²) in [6, 6.07) is -0.0448. The number of hydrogen-bond acceptors (Lipinski definition) is 3. The molecule has 2 rings (SSSR count). The van der Waals surface area contributed by atoms with E-state index >= 15 is 0 Å². The van der Waals surface area contributed by atoms with Crippen molar-refractivity contribution in [3.05, 3.63) is 0 Å². The predicted molar refractivity (Wildman–Crippen MR) is 79.0 cm³/mol. The van der Waals surface area contributed by atoms with Gasteiger partial charge >= 0.3 is 5.97 Å². The molecule has 2 fully saturated rings. The highest BCUT2D eigenvalue weighted by Crippen LogP contribution is 2.38. The summed E-state index contributed by atoms with van der Waals surface area (Å²) >= 11 is 0. The van der Waals surface area contributed by atoms with Crippen molar-refractivity contribution < 1.29 is 19.4 Å². The minimum atomic E-state index is -0.864. The molecule has 5 heteroatoms. The standard InChI is InChI=1S/C16H27NO4/c1-12(13-7-6-10-21-13)17-14(18)11-16(15(19)20)8-4-2-3-5-9-16/h12-13H,2-11H2,1H3,(H,17,18)(H,19,20). The van der Waals surface area contributed by atoms with Crippen molar-refractivity contribution in [2.45, 2.75) is 76.9 Å². The van der Waals surface area contributed by atoms with Crippen molar-refractivity contribution >= 4 is 11.9 Å². The van der Waals surface area contributed by atoms with Crippen LogP contribution in [0.2, 0.25) is 0 Å². The Morgan fingerprint density at radius 3 is 2.43 bits per heavy atom. The first-order valence-corrected chi connectivity index (χ1v) is 8.18. The molecule has 2 N–H and O–H groups in total.